The lowest BCUT2D eigenvalue weighted by molar-refractivity contribution is -0.128. The molecule has 1 aliphatic heterocycles. The van der Waals surface area contributed by atoms with Gasteiger partial charge in [-0.15, -0.1) is 0 Å². The summed E-state index contributed by atoms with van der Waals surface area (Å²) < 4.78 is 0. The van der Waals surface area contributed by atoms with E-state index in [-0.39, 0.29) is 11.8 Å². The molecule has 4 rings (SSSR count). The van der Waals surface area contributed by atoms with E-state index in [0.717, 1.165) is 35.9 Å². The first kappa shape index (κ1) is 15.9. The highest BCUT2D eigenvalue weighted by Gasteiger charge is 2.28. The summed E-state index contributed by atoms with van der Waals surface area (Å²) in [6.45, 7) is 4.43. The number of amides is 2. The molecule has 2 amide bonds. The van der Waals surface area contributed by atoms with Crippen molar-refractivity contribution >= 4 is 22.8 Å². The van der Waals surface area contributed by atoms with Crippen LogP contribution in [-0.4, -0.2) is 57.8 Å². The third-order valence-corrected chi connectivity index (χ3v) is 5.27. The Balaban J connectivity index is 1.42. The van der Waals surface area contributed by atoms with Crippen LogP contribution in [0.3, 0.4) is 0 Å². The summed E-state index contributed by atoms with van der Waals surface area (Å²) in [5, 5.41) is 0. The first-order chi connectivity index (χ1) is 12.1. The van der Waals surface area contributed by atoms with Crippen LogP contribution in [0.5, 0.6) is 0 Å². The molecule has 130 valence electrons. The molecule has 1 fully saturated rings. The zero-order valence-corrected chi connectivity index (χ0v) is 14.4. The highest BCUT2D eigenvalue weighted by atomic mass is 16.2. The van der Waals surface area contributed by atoms with Gasteiger partial charge in [-0.2, -0.15) is 0 Å². The van der Waals surface area contributed by atoms with Crippen molar-refractivity contribution in [3.05, 3.63) is 41.2 Å². The van der Waals surface area contributed by atoms with Crippen molar-refractivity contribution in [3.63, 3.8) is 0 Å². The van der Waals surface area contributed by atoms with Crippen LogP contribution in [0.4, 0.5) is 0 Å². The molecule has 0 saturated carbocycles. The Bertz CT molecular complexity index is 859. The predicted octanol–water partition coefficient (Wildman–Crippen LogP) is 2.35. The molecular weight excluding hydrogens is 316 g/mol. The number of nitrogens with zero attached hydrogens (tertiary/aromatic N) is 3. The molecule has 1 aromatic heterocycles. The number of imidazole rings is 1. The Hall–Kier alpha value is -2.63. The molecular formula is C19H22N4O2. The van der Waals surface area contributed by atoms with Crippen molar-refractivity contribution in [2.75, 3.05) is 26.2 Å². The molecule has 6 heteroatoms. The van der Waals surface area contributed by atoms with Gasteiger partial charge in [0, 0.05) is 37.3 Å². The third kappa shape index (κ3) is 2.92. The molecule has 2 aromatic rings. The lowest BCUT2D eigenvalue weighted by Crippen LogP contribution is -2.50. The zero-order chi connectivity index (χ0) is 17.4. The van der Waals surface area contributed by atoms with Gasteiger partial charge in [0.15, 0.2) is 0 Å². The normalized spacial score (nSPS) is 18.3. The minimum atomic E-state index is 0.0138. The fraction of sp³-hybridized carbons (Fsp3) is 0.421. The molecule has 2 aliphatic rings. The van der Waals surface area contributed by atoms with E-state index in [9.17, 15) is 9.59 Å². The zero-order valence-electron chi connectivity index (χ0n) is 14.4. The topological polar surface area (TPSA) is 69.3 Å². The van der Waals surface area contributed by atoms with Crippen molar-refractivity contribution in [1.82, 2.24) is 19.8 Å². The molecule has 1 N–H and O–H groups in total. The Morgan fingerprint density at radius 2 is 1.76 bits per heavy atom. The molecule has 0 radical (unpaired) electrons. The summed E-state index contributed by atoms with van der Waals surface area (Å²) in [5.74, 6) is 0.181. The maximum absolute atomic E-state index is 12.7. The van der Waals surface area contributed by atoms with E-state index < -0.39 is 0 Å². The van der Waals surface area contributed by atoms with Crippen molar-refractivity contribution in [2.24, 2.45) is 0 Å². The van der Waals surface area contributed by atoms with Gasteiger partial charge >= 0.3 is 0 Å². The quantitative estimate of drug-likeness (QED) is 0.914. The van der Waals surface area contributed by atoms with Gasteiger partial charge in [0.2, 0.25) is 5.91 Å². The fourth-order valence-electron chi connectivity index (χ4n) is 3.74. The standard InChI is InChI=1S/C19H22N4O2/c1-13-3-2-4-15(13)19(25)23-9-7-22(8-10-23)18(24)14-5-6-16-17(11-14)21-12-20-16/h5-6,11-12H,2-4,7-10H2,1H3,(H,20,21). The van der Waals surface area contributed by atoms with Gasteiger partial charge < -0.3 is 14.8 Å². The molecule has 1 aliphatic carbocycles. The number of rotatable bonds is 2. The minimum absolute atomic E-state index is 0.0138. The highest BCUT2D eigenvalue weighted by Crippen LogP contribution is 2.27. The Kier molecular flexibility index (Phi) is 4.03. The molecule has 6 nitrogen and oxygen atoms in total. The van der Waals surface area contributed by atoms with E-state index in [1.807, 2.05) is 28.0 Å². The number of benzene rings is 1. The average Bonchev–Trinajstić information content (AvgIpc) is 3.28. The van der Waals surface area contributed by atoms with Crippen molar-refractivity contribution in [3.8, 4) is 0 Å². The van der Waals surface area contributed by atoms with Crippen LogP contribution >= 0.6 is 0 Å². The highest BCUT2D eigenvalue weighted by molar-refractivity contribution is 5.98. The maximum Gasteiger partial charge on any atom is 0.254 e. The second-order valence-corrected chi connectivity index (χ2v) is 6.83. The summed E-state index contributed by atoms with van der Waals surface area (Å²) >= 11 is 0. The number of fused-ring (bicyclic) bond motifs is 1. The van der Waals surface area contributed by atoms with Crippen LogP contribution in [0, 0.1) is 0 Å². The molecule has 0 unspecified atom stereocenters. The summed E-state index contributed by atoms with van der Waals surface area (Å²) in [4.78, 5) is 36.3. The maximum atomic E-state index is 12.7. The smallest absolute Gasteiger partial charge is 0.254 e. The van der Waals surface area contributed by atoms with Crippen molar-refractivity contribution < 1.29 is 9.59 Å². The van der Waals surface area contributed by atoms with Crippen LogP contribution in [0.15, 0.2) is 35.7 Å². The van der Waals surface area contributed by atoms with Crippen LogP contribution in [-0.2, 0) is 4.79 Å². The number of aromatic nitrogens is 2. The van der Waals surface area contributed by atoms with Crippen LogP contribution in [0.1, 0.15) is 36.5 Å². The molecule has 25 heavy (non-hydrogen) atoms. The van der Waals surface area contributed by atoms with E-state index in [4.69, 9.17) is 0 Å². The monoisotopic (exact) mass is 338 g/mol. The molecule has 1 aromatic carbocycles. The van der Waals surface area contributed by atoms with E-state index in [1.54, 1.807) is 6.33 Å². The Morgan fingerprint density at radius 3 is 2.44 bits per heavy atom. The number of nitrogens with one attached hydrogen (secondary N) is 1. The lowest BCUT2D eigenvalue weighted by Gasteiger charge is -2.35. The van der Waals surface area contributed by atoms with Gasteiger partial charge in [0.25, 0.3) is 5.91 Å². The molecule has 1 saturated heterocycles. The summed E-state index contributed by atoms with van der Waals surface area (Å²) in [5.41, 5.74) is 4.60. The van der Waals surface area contributed by atoms with E-state index >= 15 is 0 Å². The van der Waals surface area contributed by atoms with Crippen molar-refractivity contribution in [2.45, 2.75) is 26.2 Å². The van der Waals surface area contributed by atoms with Gasteiger partial charge in [-0.25, -0.2) is 4.98 Å². The van der Waals surface area contributed by atoms with Crippen LogP contribution in [0.25, 0.3) is 11.0 Å². The number of piperazine rings is 1. The van der Waals surface area contributed by atoms with Crippen molar-refractivity contribution in [1.29, 1.82) is 0 Å². The summed E-state index contributed by atoms with van der Waals surface area (Å²) in [6, 6.07) is 5.51. The first-order valence-electron chi connectivity index (χ1n) is 8.84. The molecule has 0 spiro atoms. The largest absolute Gasteiger partial charge is 0.345 e. The predicted molar refractivity (Wildman–Crippen MR) is 95.1 cm³/mol. The van der Waals surface area contributed by atoms with E-state index in [2.05, 4.69) is 16.9 Å². The second-order valence-electron chi connectivity index (χ2n) is 6.83. The number of carbonyl (C=O) groups is 2. The fourth-order valence-corrected chi connectivity index (χ4v) is 3.74. The number of hydrogen-bond acceptors (Lipinski definition) is 3. The van der Waals surface area contributed by atoms with Gasteiger partial charge in [-0.3, -0.25) is 9.59 Å². The van der Waals surface area contributed by atoms with Gasteiger partial charge in [0.05, 0.1) is 17.4 Å². The number of allylic oxidation sites excluding steroid dienone is 1. The second kappa shape index (κ2) is 6.35. The van der Waals surface area contributed by atoms with Gasteiger partial charge in [-0.05, 0) is 44.4 Å². The number of H-pyrrole nitrogens is 1. The van der Waals surface area contributed by atoms with Crippen LogP contribution < -0.4 is 0 Å². The number of hydrogen-bond donors (Lipinski definition) is 1. The first-order valence-corrected chi connectivity index (χ1v) is 8.84. The van der Waals surface area contributed by atoms with Gasteiger partial charge in [-0.1, -0.05) is 5.57 Å². The van der Waals surface area contributed by atoms with Crippen LogP contribution in [0.2, 0.25) is 0 Å². The summed E-state index contributed by atoms with van der Waals surface area (Å²) in [6.07, 6.45) is 4.65. The molecule has 0 bridgehead atoms. The Morgan fingerprint density at radius 1 is 1.04 bits per heavy atom. The SMILES string of the molecule is CC1=C(C(=O)N2CCN(C(=O)c3ccc4nc[nH]c4c3)CC2)CCC1. The number of aromatic amines is 1. The number of carbonyl (C=O) groups excluding carboxylic acids is 2. The molecule has 0 atom stereocenters. The Labute approximate surface area is 146 Å². The van der Waals surface area contributed by atoms with Gasteiger partial charge in [0.1, 0.15) is 0 Å². The average molecular weight is 338 g/mol. The molecule has 2 heterocycles. The van der Waals surface area contributed by atoms with E-state index in [1.165, 1.54) is 5.57 Å². The van der Waals surface area contributed by atoms with E-state index in [0.29, 0.717) is 31.7 Å². The lowest BCUT2D eigenvalue weighted by atomic mass is 10.1. The summed E-state index contributed by atoms with van der Waals surface area (Å²) in [7, 11) is 0. The minimum Gasteiger partial charge on any atom is -0.345 e. The third-order valence-electron chi connectivity index (χ3n) is 5.27.